The maximum absolute atomic E-state index is 12.3. The summed E-state index contributed by atoms with van der Waals surface area (Å²) in [4.78, 5) is 24.3. The van der Waals surface area contributed by atoms with Crippen LogP contribution in [-0.2, 0) is 9.53 Å². The molecule has 5 heteroatoms. The van der Waals surface area contributed by atoms with Crippen LogP contribution in [-0.4, -0.2) is 31.4 Å². The van der Waals surface area contributed by atoms with Gasteiger partial charge in [-0.15, -0.1) is 11.3 Å². The summed E-state index contributed by atoms with van der Waals surface area (Å²) in [6.45, 7) is 4.96. The molecule has 0 saturated carbocycles. The second-order valence-electron chi connectivity index (χ2n) is 4.81. The SMILES string of the molecule is COC(=O)CC(NCCC(C)C)C(=O)c1cccs1. The van der Waals surface area contributed by atoms with Crippen LogP contribution >= 0.6 is 11.3 Å². The number of thiophene rings is 1. The fraction of sp³-hybridized carbons (Fsp3) is 0.571. The van der Waals surface area contributed by atoms with Crippen LogP contribution in [0.5, 0.6) is 0 Å². The molecule has 1 aromatic heterocycles. The van der Waals surface area contributed by atoms with Gasteiger partial charge in [-0.25, -0.2) is 0 Å². The van der Waals surface area contributed by atoms with Crippen LogP contribution in [0.15, 0.2) is 17.5 Å². The molecule has 0 aliphatic carbocycles. The van der Waals surface area contributed by atoms with Gasteiger partial charge >= 0.3 is 5.97 Å². The molecule has 0 saturated heterocycles. The Kier molecular flexibility index (Phi) is 6.73. The van der Waals surface area contributed by atoms with Gasteiger partial charge in [0.15, 0.2) is 5.78 Å². The van der Waals surface area contributed by atoms with Crippen molar-refractivity contribution in [3.05, 3.63) is 22.4 Å². The molecule has 1 heterocycles. The van der Waals surface area contributed by atoms with Gasteiger partial charge in [0, 0.05) is 0 Å². The molecule has 0 bridgehead atoms. The van der Waals surface area contributed by atoms with Gasteiger partial charge in [-0.05, 0) is 30.3 Å². The van der Waals surface area contributed by atoms with Crippen molar-refractivity contribution in [1.29, 1.82) is 0 Å². The van der Waals surface area contributed by atoms with Crippen LogP contribution < -0.4 is 5.32 Å². The second-order valence-corrected chi connectivity index (χ2v) is 5.76. The maximum Gasteiger partial charge on any atom is 0.307 e. The van der Waals surface area contributed by atoms with Crippen molar-refractivity contribution in [2.45, 2.75) is 32.7 Å². The number of ether oxygens (including phenoxy) is 1. The Balaban J connectivity index is 2.63. The normalized spacial score (nSPS) is 12.4. The fourth-order valence-corrected chi connectivity index (χ4v) is 2.36. The Labute approximate surface area is 118 Å². The molecule has 1 unspecified atom stereocenters. The van der Waals surface area contributed by atoms with Gasteiger partial charge in [0.2, 0.25) is 0 Å². The lowest BCUT2D eigenvalue weighted by molar-refractivity contribution is -0.140. The zero-order chi connectivity index (χ0) is 14.3. The zero-order valence-electron chi connectivity index (χ0n) is 11.6. The standard InChI is InChI=1S/C14H21NO3S/c1-10(2)6-7-15-11(9-13(16)18-3)14(17)12-5-4-8-19-12/h4-5,8,10-11,15H,6-7,9H2,1-3H3. The van der Waals surface area contributed by atoms with Crippen LogP contribution in [0.3, 0.4) is 0 Å². The predicted molar refractivity (Wildman–Crippen MR) is 76.5 cm³/mol. The van der Waals surface area contributed by atoms with Crippen molar-refractivity contribution in [2.75, 3.05) is 13.7 Å². The average Bonchev–Trinajstić information content (AvgIpc) is 2.89. The molecule has 0 aromatic carbocycles. The zero-order valence-corrected chi connectivity index (χ0v) is 12.5. The van der Waals surface area contributed by atoms with E-state index >= 15 is 0 Å². The third-order valence-corrected chi connectivity index (χ3v) is 3.68. The summed E-state index contributed by atoms with van der Waals surface area (Å²) in [6, 6.07) is 3.12. The first kappa shape index (κ1) is 15.9. The number of hydrogen-bond acceptors (Lipinski definition) is 5. The van der Waals surface area contributed by atoms with Crippen LogP contribution in [0.2, 0.25) is 0 Å². The van der Waals surface area contributed by atoms with E-state index < -0.39 is 6.04 Å². The summed E-state index contributed by atoms with van der Waals surface area (Å²) < 4.78 is 4.65. The topological polar surface area (TPSA) is 55.4 Å². The fourth-order valence-electron chi connectivity index (χ4n) is 1.64. The third kappa shape index (κ3) is 5.53. The van der Waals surface area contributed by atoms with Crippen LogP contribution in [0.25, 0.3) is 0 Å². The predicted octanol–water partition coefficient (Wildman–Crippen LogP) is 2.50. The average molecular weight is 283 g/mol. The molecule has 1 aromatic rings. The maximum atomic E-state index is 12.3. The number of rotatable bonds is 8. The number of carbonyl (C=O) groups excluding carboxylic acids is 2. The Morgan fingerprint density at radius 1 is 1.42 bits per heavy atom. The lowest BCUT2D eigenvalue weighted by Gasteiger charge is -2.16. The van der Waals surface area contributed by atoms with Crippen molar-refractivity contribution in [2.24, 2.45) is 5.92 Å². The van der Waals surface area contributed by atoms with E-state index in [1.54, 1.807) is 6.07 Å². The van der Waals surface area contributed by atoms with Gasteiger partial charge < -0.3 is 10.1 Å². The largest absolute Gasteiger partial charge is 0.469 e. The molecule has 0 radical (unpaired) electrons. The molecule has 106 valence electrons. The first-order valence-electron chi connectivity index (χ1n) is 6.42. The molecule has 4 nitrogen and oxygen atoms in total. The highest BCUT2D eigenvalue weighted by molar-refractivity contribution is 7.12. The quantitative estimate of drug-likeness (QED) is 0.588. The van der Waals surface area contributed by atoms with Crippen molar-refractivity contribution >= 4 is 23.1 Å². The highest BCUT2D eigenvalue weighted by Crippen LogP contribution is 2.13. The number of methoxy groups -OCH3 is 1. The van der Waals surface area contributed by atoms with Gasteiger partial charge in [0.1, 0.15) is 0 Å². The molecule has 1 rings (SSSR count). The van der Waals surface area contributed by atoms with E-state index in [9.17, 15) is 9.59 Å². The van der Waals surface area contributed by atoms with Gasteiger partial charge in [-0.2, -0.15) is 0 Å². The number of hydrogen-bond donors (Lipinski definition) is 1. The molecule has 0 amide bonds. The summed E-state index contributed by atoms with van der Waals surface area (Å²) in [5.41, 5.74) is 0. The van der Waals surface area contributed by atoms with Gasteiger partial charge in [0.05, 0.1) is 24.4 Å². The van der Waals surface area contributed by atoms with Crippen molar-refractivity contribution < 1.29 is 14.3 Å². The number of carbonyl (C=O) groups is 2. The summed E-state index contributed by atoms with van der Waals surface area (Å²) >= 11 is 1.39. The van der Waals surface area contributed by atoms with Gasteiger partial charge in [-0.1, -0.05) is 19.9 Å². The number of Topliss-reactive ketones (excluding diaryl/α,β-unsaturated/α-hetero) is 1. The Bertz CT molecular complexity index is 401. The molecular weight excluding hydrogens is 262 g/mol. The summed E-state index contributed by atoms with van der Waals surface area (Å²) in [6.07, 6.45) is 1.04. The first-order chi connectivity index (χ1) is 9.04. The van der Waals surface area contributed by atoms with Crippen LogP contribution in [0.1, 0.15) is 36.4 Å². The van der Waals surface area contributed by atoms with Crippen LogP contribution in [0.4, 0.5) is 0 Å². The van der Waals surface area contributed by atoms with E-state index in [0.717, 1.165) is 13.0 Å². The van der Waals surface area contributed by atoms with Gasteiger partial charge in [-0.3, -0.25) is 9.59 Å². The monoisotopic (exact) mass is 283 g/mol. The van der Waals surface area contributed by atoms with Crippen molar-refractivity contribution in [1.82, 2.24) is 5.32 Å². The number of nitrogens with one attached hydrogen (secondary N) is 1. The van der Waals surface area contributed by atoms with E-state index in [4.69, 9.17) is 0 Å². The minimum absolute atomic E-state index is 0.0378. The molecule has 0 aliphatic heterocycles. The molecular formula is C14H21NO3S. The molecule has 1 atom stereocenters. The molecule has 0 aliphatic rings. The Morgan fingerprint density at radius 2 is 2.16 bits per heavy atom. The van der Waals surface area contributed by atoms with E-state index in [1.165, 1.54) is 18.4 Å². The minimum Gasteiger partial charge on any atom is -0.469 e. The molecule has 1 N–H and O–H groups in total. The molecule has 0 fully saturated rings. The lowest BCUT2D eigenvalue weighted by atomic mass is 10.1. The van der Waals surface area contributed by atoms with E-state index in [2.05, 4.69) is 23.9 Å². The molecule has 19 heavy (non-hydrogen) atoms. The van der Waals surface area contributed by atoms with Gasteiger partial charge in [0.25, 0.3) is 0 Å². The number of esters is 1. The van der Waals surface area contributed by atoms with Crippen molar-refractivity contribution in [3.63, 3.8) is 0 Å². The minimum atomic E-state index is -0.496. The summed E-state index contributed by atoms with van der Waals surface area (Å²) in [5, 5.41) is 5.02. The lowest BCUT2D eigenvalue weighted by Crippen LogP contribution is -2.39. The summed E-state index contributed by atoms with van der Waals surface area (Å²) in [5.74, 6) is 0.152. The van der Waals surface area contributed by atoms with E-state index in [1.807, 2.05) is 11.4 Å². The van der Waals surface area contributed by atoms with E-state index in [-0.39, 0.29) is 18.2 Å². The Morgan fingerprint density at radius 3 is 2.68 bits per heavy atom. The first-order valence-corrected chi connectivity index (χ1v) is 7.30. The second kappa shape index (κ2) is 8.07. The third-order valence-electron chi connectivity index (χ3n) is 2.79. The van der Waals surface area contributed by atoms with E-state index in [0.29, 0.717) is 10.8 Å². The number of ketones is 1. The summed E-state index contributed by atoms with van der Waals surface area (Å²) in [7, 11) is 1.34. The molecule has 0 spiro atoms. The van der Waals surface area contributed by atoms with Crippen LogP contribution in [0, 0.1) is 5.92 Å². The Hall–Kier alpha value is -1.20. The highest BCUT2D eigenvalue weighted by atomic mass is 32.1. The van der Waals surface area contributed by atoms with Crippen molar-refractivity contribution in [3.8, 4) is 0 Å². The smallest absolute Gasteiger partial charge is 0.307 e. The highest BCUT2D eigenvalue weighted by Gasteiger charge is 2.23.